The van der Waals surface area contributed by atoms with E-state index in [1.807, 2.05) is 47.7 Å². The number of benzene rings is 1. The first-order valence-corrected chi connectivity index (χ1v) is 5.87. The van der Waals surface area contributed by atoms with Gasteiger partial charge in [0.1, 0.15) is 0 Å². The molecule has 1 aromatic rings. The summed E-state index contributed by atoms with van der Waals surface area (Å²) < 4.78 is 0.795. The Labute approximate surface area is 94.9 Å². The van der Waals surface area contributed by atoms with Crippen LogP contribution in [0.2, 0.25) is 0 Å². The molecule has 13 heavy (non-hydrogen) atoms. The molecular weight excluding hydrogens is 299 g/mol. The summed E-state index contributed by atoms with van der Waals surface area (Å²) in [6.07, 6.45) is 0. The van der Waals surface area contributed by atoms with E-state index in [4.69, 9.17) is 5.11 Å². The maximum absolute atomic E-state index is 10.9. The number of hydrogen-bond donors (Lipinski definition) is 1. The van der Waals surface area contributed by atoms with Crippen molar-refractivity contribution in [2.75, 3.05) is 5.75 Å². The van der Waals surface area contributed by atoms with Crippen molar-refractivity contribution in [2.45, 2.75) is 11.8 Å². The molecule has 0 aliphatic carbocycles. The van der Waals surface area contributed by atoms with E-state index in [0.29, 0.717) is 5.56 Å². The van der Waals surface area contributed by atoms with Crippen LogP contribution in [-0.2, 0) is 0 Å². The van der Waals surface area contributed by atoms with Crippen LogP contribution in [0.5, 0.6) is 0 Å². The van der Waals surface area contributed by atoms with Gasteiger partial charge in [0, 0.05) is 8.47 Å². The van der Waals surface area contributed by atoms with Crippen molar-refractivity contribution in [2.24, 2.45) is 0 Å². The van der Waals surface area contributed by atoms with Gasteiger partial charge in [0.25, 0.3) is 0 Å². The predicted octanol–water partition coefficient (Wildman–Crippen LogP) is 3.10. The second-order valence-corrected chi connectivity index (χ2v) is 4.82. The quantitative estimate of drug-likeness (QED) is 0.689. The third-order valence-corrected chi connectivity index (χ3v) is 3.33. The zero-order valence-corrected chi connectivity index (χ0v) is 10.1. The second kappa shape index (κ2) is 4.85. The van der Waals surface area contributed by atoms with Gasteiger partial charge in [0.2, 0.25) is 0 Å². The van der Waals surface area contributed by atoms with E-state index in [9.17, 15) is 4.79 Å². The molecule has 0 spiro atoms. The number of carboxylic acid groups (broad SMARTS) is 1. The largest absolute Gasteiger partial charge is 0.478 e. The van der Waals surface area contributed by atoms with Gasteiger partial charge in [0.05, 0.1) is 5.56 Å². The fourth-order valence-corrected chi connectivity index (χ4v) is 2.73. The normalized spacial score (nSPS) is 10.0. The van der Waals surface area contributed by atoms with E-state index in [2.05, 4.69) is 0 Å². The van der Waals surface area contributed by atoms with E-state index >= 15 is 0 Å². The van der Waals surface area contributed by atoms with Crippen LogP contribution in [0.1, 0.15) is 17.3 Å². The highest BCUT2D eigenvalue weighted by atomic mass is 127. The summed E-state index contributed by atoms with van der Waals surface area (Å²) in [4.78, 5) is 11.7. The highest BCUT2D eigenvalue weighted by Gasteiger charge is 2.12. The number of aromatic carboxylic acids is 1. The number of hydrogen-bond acceptors (Lipinski definition) is 2. The Hall–Kier alpha value is -0.230. The molecule has 0 aromatic heterocycles. The SMILES string of the molecule is CCSc1cccc(I)c1C(=O)O. The number of rotatable bonds is 3. The van der Waals surface area contributed by atoms with Crippen molar-refractivity contribution < 1.29 is 9.90 Å². The van der Waals surface area contributed by atoms with Gasteiger partial charge in [-0.2, -0.15) is 0 Å². The van der Waals surface area contributed by atoms with Crippen LogP contribution >= 0.6 is 34.4 Å². The molecule has 0 fully saturated rings. The molecule has 1 aromatic carbocycles. The minimum absolute atomic E-state index is 0.426. The fourth-order valence-electron chi connectivity index (χ4n) is 0.988. The zero-order chi connectivity index (χ0) is 9.84. The van der Waals surface area contributed by atoms with Crippen molar-refractivity contribution in [3.63, 3.8) is 0 Å². The molecule has 0 heterocycles. The Balaban J connectivity index is 3.17. The van der Waals surface area contributed by atoms with Crippen molar-refractivity contribution in [3.8, 4) is 0 Å². The Morgan fingerprint density at radius 2 is 2.31 bits per heavy atom. The molecule has 0 atom stereocenters. The molecule has 0 bridgehead atoms. The third-order valence-electron chi connectivity index (χ3n) is 1.49. The monoisotopic (exact) mass is 308 g/mol. The second-order valence-electron chi connectivity index (χ2n) is 2.35. The smallest absolute Gasteiger partial charge is 0.337 e. The van der Waals surface area contributed by atoms with Gasteiger partial charge in [-0.05, 0) is 40.5 Å². The van der Waals surface area contributed by atoms with Crippen molar-refractivity contribution >= 4 is 40.3 Å². The molecule has 0 unspecified atom stereocenters. The zero-order valence-electron chi connectivity index (χ0n) is 7.08. The van der Waals surface area contributed by atoms with Crippen LogP contribution in [0.3, 0.4) is 0 Å². The standard InChI is InChI=1S/C9H9IO2S/c1-2-13-7-5-3-4-6(10)8(7)9(11)12/h3-5H,2H2,1H3,(H,11,12). The lowest BCUT2D eigenvalue weighted by molar-refractivity contribution is 0.0692. The highest BCUT2D eigenvalue weighted by molar-refractivity contribution is 14.1. The van der Waals surface area contributed by atoms with Gasteiger partial charge in [-0.3, -0.25) is 0 Å². The predicted molar refractivity (Wildman–Crippen MR) is 62.5 cm³/mol. The molecule has 4 heteroatoms. The van der Waals surface area contributed by atoms with Crippen molar-refractivity contribution in [3.05, 3.63) is 27.3 Å². The molecule has 0 saturated heterocycles. The summed E-state index contributed by atoms with van der Waals surface area (Å²) >= 11 is 3.61. The van der Waals surface area contributed by atoms with Crippen LogP contribution in [0.4, 0.5) is 0 Å². The molecule has 0 aliphatic heterocycles. The molecular formula is C9H9IO2S. The van der Waals surface area contributed by atoms with Gasteiger partial charge in [0.15, 0.2) is 0 Å². The molecule has 0 radical (unpaired) electrons. The highest BCUT2D eigenvalue weighted by Crippen LogP contribution is 2.26. The maximum Gasteiger partial charge on any atom is 0.337 e. The van der Waals surface area contributed by atoms with Crippen molar-refractivity contribution in [1.82, 2.24) is 0 Å². The summed E-state index contributed by atoms with van der Waals surface area (Å²) in [5.41, 5.74) is 0.426. The van der Waals surface area contributed by atoms with Crippen LogP contribution in [0, 0.1) is 3.57 Å². The van der Waals surface area contributed by atoms with Gasteiger partial charge < -0.3 is 5.11 Å². The Morgan fingerprint density at radius 1 is 1.62 bits per heavy atom. The summed E-state index contributed by atoms with van der Waals surface area (Å²) in [7, 11) is 0. The third kappa shape index (κ3) is 2.60. The van der Waals surface area contributed by atoms with E-state index in [0.717, 1.165) is 14.2 Å². The molecule has 0 saturated carbocycles. The van der Waals surface area contributed by atoms with Gasteiger partial charge in [-0.1, -0.05) is 13.0 Å². The number of carbonyl (C=O) groups is 1. The number of halogens is 1. The van der Waals surface area contributed by atoms with Gasteiger partial charge in [-0.25, -0.2) is 4.79 Å². The average Bonchev–Trinajstić information content (AvgIpc) is 2.04. The van der Waals surface area contributed by atoms with Crippen LogP contribution in [0.15, 0.2) is 23.1 Å². The van der Waals surface area contributed by atoms with E-state index in [-0.39, 0.29) is 0 Å². The molecule has 1 N–H and O–H groups in total. The first kappa shape index (κ1) is 10.8. The van der Waals surface area contributed by atoms with Crippen LogP contribution in [0.25, 0.3) is 0 Å². The maximum atomic E-state index is 10.9. The molecule has 70 valence electrons. The molecule has 1 rings (SSSR count). The Kier molecular flexibility index (Phi) is 4.05. The minimum atomic E-state index is -0.846. The molecule has 2 nitrogen and oxygen atoms in total. The summed E-state index contributed by atoms with van der Waals surface area (Å²) in [5, 5.41) is 8.95. The van der Waals surface area contributed by atoms with Crippen molar-refractivity contribution in [1.29, 1.82) is 0 Å². The topological polar surface area (TPSA) is 37.3 Å². The van der Waals surface area contributed by atoms with Crippen LogP contribution in [-0.4, -0.2) is 16.8 Å². The number of thioether (sulfide) groups is 1. The first-order valence-electron chi connectivity index (χ1n) is 3.81. The van der Waals surface area contributed by atoms with E-state index in [1.165, 1.54) is 0 Å². The summed E-state index contributed by atoms with van der Waals surface area (Å²) in [6.45, 7) is 2.01. The van der Waals surface area contributed by atoms with Gasteiger partial charge in [-0.15, -0.1) is 11.8 Å². The lowest BCUT2D eigenvalue weighted by Gasteiger charge is -2.05. The number of carboxylic acids is 1. The van der Waals surface area contributed by atoms with Crippen LogP contribution < -0.4 is 0 Å². The Morgan fingerprint density at radius 3 is 2.85 bits per heavy atom. The lowest BCUT2D eigenvalue weighted by atomic mass is 10.2. The molecule has 0 amide bonds. The minimum Gasteiger partial charge on any atom is -0.478 e. The lowest BCUT2D eigenvalue weighted by Crippen LogP contribution is -2.01. The van der Waals surface area contributed by atoms with Gasteiger partial charge >= 0.3 is 5.97 Å². The summed E-state index contributed by atoms with van der Waals surface area (Å²) in [5.74, 6) is 0.0429. The fraction of sp³-hybridized carbons (Fsp3) is 0.222. The Bertz CT molecular complexity index is 325. The van der Waals surface area contributed by atoms with E-state index < -0.39 is 5.97 Å². The van der Waals surface area contributed by atoms with E-state index in [1.54, 1.807) is 11.8 Å². The molecule has 0 aliphatic rings. The summed E-state index contributed by atoms with van der Waals surface area (Å²) in [6, 6.07) is 5.54. The first-order chi connectivity index (χ1) is 6.16. The average molecular weight is 308 g/mol.